The van der Waals surface area contributed by atoms with E-state index >= 15 is 0 Å². The molecule has 2 heterocycles. The van der Waals surface area contributed by atoms with Crippen molar-refractivity contribution in [2.75, 3.05) is 38.3 Å². The van der Waals surface area contributed by atoms with E-state index in [4.69, 9.17) is 26.1 Å². The highest BCUT2D eigenvalue weighted by Crippen LogP contribution is 2.35. The standard InChI is InChI=1S/C27H26ClN3O2/c1-32-22-8-6-20-16-21(17-26(23(20)18-22)31-12-14-33-15-13-31)25-10-11-29-27(30-25)9-7-19-4-2-3-5-24(19)28/h2-6,8,10-11,16-18H,7,9,12-15H2,1H3. The van der Waals surface area contributed by atoms with E-state index in [0.717, 1.165) is 77.9 Å². The molecule has 0 bridgehead atoms. The first-order chi connectivity index (χ1) is 16.2. The average Bonchev–Trinajstić information content (AvgIpc) is 2.88. The smallest absolute Gasteiger partial charge is 0.129 e. The van der Waals surface area contributed by atoms with Gasteiger partial charge in [0.25, 0.3) is 0 Å². The Kier molecular flexibility index (Phi) is 6.42. The maximum absolute atomic E-state index is 6.32. The minimum atomic E-state index is 0.732. The Morgan fingerprint density at radius 3 is 2.67 bits per heavy atom. The summed E-state index contributed by atoms with van der Waals surface area (Å²) in [6.07, 6.45) is 3.38. The molecule has 33 heavy (non-hydrogen) atoms. The van der Waals surface area contributed by atoms with Crippen LogP contribution in [-0.2, 0) is 17.6 Å². The first kappa shape index (κ1) is 21.7. The zero-order valence-corrected chi connectivity index (χ0v) is 19.4. The van der Waals surface area contributed by atoms with Gasteiger partial charge in [-0.2, -0.15) is 0 Å². The van der Waals surface area contributed by atoms with E-state index in [9.17, 15) is 0 Å². The van der Waals surface area contributed by atoms with Crippen molar-refractivity contribution >= 4 is 28.1 Å². The van der Waals surface area contributed by atoms with E-state index in [1.165, 1.54) is 11.1 Å². The van der Waals surface area contributed by atoms with Gasteiger partial charge in [-0.05, 0) is 53.8 Å². The van der Waals surface area contributed by atoms with Crippen LogP contribution in [0.1, 0.15) is 11.4 Å². The number of morpholine rings is 1. The summed E-state index contributed by atoms with van der Waals surface area (Å²) in [6.45, 7) is 3.19. The third kappa shape index (κ3) is 4.80. The van der Waals surface area contributed by atoms with Crippen LogP contribution in [0.15, 0.2) is 66.9 Å². The van der Waals surface area contributed by atoms with Gasteiger partial charge in [-0.3, -0.25) is 0 Å². The molecule has 5 nitrogen and oxygen atoms in total. The van der Waals surface area contributed by atoms with Gasteiger partial charge < -0.3 is 14.4 Å². The van der Waals surface area contributed by atoms with Crippen molar-refractivity contribution in [1.82, 2.24) is 9.97 Å². The summed E-state index contributed by atoms with van der Waals surface area (Å²) >= 11 is 6.32. The van der Waals surface area contributed by atoms with Gasteiger partial charge in [0.15, 0.2) is 0 Å². The lowest BCUT2D eigenvalue weighted by atomic mass is 10.0. The van der Waals surface area contributed by atoms with Gasteiger partial charge in [0, 0.05) is 47.4 Å². The second-order valence-electron chi connectivity index (χ2n) is 8.13. The summed E-state index contributed by atoms with van der Waals surface area (Å²) < 4.78 is 11.1. The van der Waals surface area contributed by atoms with Gasteiger partial charge >= 0.3 is 0 Å². The van der Waals surface area contributed by atoms with Crippen LogP contribution in [-0.4, -0.2) is 43.4 Å². The quantitative estimate of drug-likeness (QED) is 0.376. The van der Waals surface area contributed by atoms with Crippen LogP contribution in [0.4, 0.5) is 5.69 Å². The Morgan fingerprint density at radius 1 is 1.00 bits per heavy atom. The highest BCUT2D eigenvalue weighted by atomic mass is 35.5. The van der Waals surface area contributed by atoms with Crippen molar-refractivity contribution in [2.45, 2.75) is 12.8 Å². The SMILES string of the molecule is COc1ccc2cc(-c3ccnc(CCc4ccccc4Cl)n3)cc(N3CCOCC3)c2c1. The zero-order valence-electron chi connectivity index (χ0n) is 18.6. The molecule has 0 atom stereocenters. The number of aryl methyl sites for hydroxylation is 2. The van der Waals surface area contributed by atoms with Crippen LogP contribution < -0.4 is 9.64 Å². The predicted octanol–water partition coefficient (Wildman–Crippen LogP) is 5.58. The molecule has 0 unspecified atom stereocenters. The summed E-state index contributed by atoms with van der Waals surface area (Å²) in [5.41, 5.74) is 4.30. The Labute approximate surface area is 199 Å². The number of anilines is 1. The number of hydrogen-bond donors (Lipinski definition) is 0. The van der Waals surface area contributed by atoms with E-state index in [2.05, 4.69) is 40.2 Å². The highest BCUT2D eigenvalue weighted by Gasteiger charge is 2.17. The van der Waals surface area contributed by atoms with Crippen LogP contribution in [0.25, 0.3) is 22.0 Å². The number of hydrogen-bond acceptors (Lipinski definition) is 5. The number of rotatable bonds is 6. The lowest BCUT2D eigenvalue weighted by Gasteiger charge is -2.30. The predicted molar refractivity (Wildman–Crippen MR) is 133 cm³/mol. The molecule has 1 aromatic heterocycles. The number of methoxy groups -OCH3 is 1. The van der Waals surface area contributed by atoms with Crippen molar-refractivity contribution in [2.24, 2.45) is 0 Å². The van der Waals surface area contributed by atoms with Gasteiger partial charge in [0.1, 0.15) is 11.6 Å². The van der Waals surface area contributed by atoms with Crippen LogP contribution in [0.3, 0.4) is 0 Å². The molecule has 0 spiro atoms. The molecule has 0 N–H and O–H groups in total. The normalized spacial score (nSPS) is 13.9. The number of ether oxygens (including phenoxy) is 2. The van der Waals surface area contributed by atoms with Gasteiger partial charge in [0.2, 0.25) is 0 Å². The molecule has 6 heteroatoms. The fourth-order valence-electron chi connectivity index (χ4n) is 4.29. The van der Waals surface area contributed by atoms with Crippen LogP contribution >= 0.6 is 11.6 Å². The van der Waals surface area contributed by atoms with Crippen molar-refractivity contribution < 1.29 is 9.47 Å². The maximum atomic E-state index is 6.32. The number of aromatic nitrogens is 2. The number of halogens is 1. The fraction of sp³-hybridized carbons (Fsp3) is 0.259. The fourth-order valence-corrected chi connectivity index (χ4v) is 4.52. The highest BCUT2D eigenvalue weighted by molar-refractivity contribution is 6.31. The minimum absolute atomic E-state index is 0.732. The topological polar surface area (TPSA) is 47.5 Å². The second-order valence-corrected chi connectivity index (χ2v) is 8.54. The van der Waals surface area contributed by atoms with E-state index in [1.807, 2.05) is 36.5 Å². The molecule has 1 fully saturated rings. The summed E-state index contributed by atoms with van der Waals surface area (Å²) in [5.74, 6) is 1.67. The molecule has 1 aliphatic rings. The van der Waals surface area contributed by atoms with Crippen LogP contribution in [0.2, 0.25) is 5.02 Å². The molecular formula is C27H26ClN3O2. The lowest BCUT2D eigenvalue weighted by Crippen LogP contribution is -2.36. The molecule has 168 valence electrons. The van der Waals surface area contributed by atoms with Gasteiger partial charge in [0.05, 0.1) is 26.0 Å². The van der Waals surface area contributed by atoms with Gasteiger partial charge in [-0.25, -0.2) is 9.97 Å². The zero-order chi connectivity index (χ0) is 22.6. The Morgan fingerprint density at radius 2 is 1.85 bits per heavy atom. The largest absolute Gasteiger partial charge is 0.497 e. The molecule has 0 aliphatic carbocycles. The number of fused-ring (bicyclic) bond motifs is 1. The molecule has 5 rings (SSSR count). The summed E-state index contributed by atoms with van der Waals surface area (Å²) in [5, 5.41) is 3.12. The molecule has 0 saturated carbocycles. The Balaban J connectivity index is 1.50. The van der Waals surface area contributed by atoms with E-state index in [1.54, 1.807) is 7.11 Å². The molecule has 1 aliphatic heterocycles. The van der Waals surface area contributed by atoms with Crippen molar-refractivity contribution in [1.29, 1.82) is 0 Å². The summed E-state index contributed by atoms with van der Waals surface area (Å²) in [6, 6.07) is 20.6. The van der Waals surface area contributed by atoms with E-state index < -0.39 is 0 Å². The van der Waals surface area contributed by atoms with Crippen molar-refractivity contribution in [3.05, 3.63) is 83.3 Å². The molecule has 1 saturated heterocycles. The third-order valence-electron chi connectivity index (χ3n) is 6.07. The average molecular weight is 460 g/mol. The number of benzene rings is 3. The molecular weight excluding hydrogens is 434 g/mol. The summed E-state index contributed by atoms with van der Waals surface area (Å²) in [7, 11) is 1.70. The monoisotopic (exact) mass is 459 g/mol. The minimum Gasteiger partial charge on any atom is -0.497 e. The molecule has 0 amide bonds. The van der Waals surface area contributed by atoms with Crippen molar-refractivity contribution in [3.63, 3.8) is 0 Å². The summed E-state index contributed by atoms with van der Waals surface area (Å²) in [4.78, 5) is 11.8. The van der Waals surface area contributed by atoms with Crippen LogP contribution in [0, 0.1) is 0 Å². The molecule has 0 radical (unpaired) electrons. The number of nitrogens with zero attached hydrogens (tertiary/aromatic N) is 3. The molecule has 3 aromatic carbocycles. The maximum Gasteiger partial charge on any atom is 0.129 e. The van der Waals surface area contributed by atoms with E-state index in [0.29, 0.717) is 0 Å². The van der Waals surface area contributed by atoms with Gasteiger partial charge in [-0.1, -0.05) is 35.9 Å². The Hall–Kier alpha value is -3.15. The first-order valence-electron chi connectivity index (χ1n) is 11.2. The second kappa shape index (κ2) is 9.77. The first-order valence-corrected chi connectivity index (χ1v) is 11.6. The molecule has 4 aromatic rings. The van der Waals surface area contributed by atoms with Gasteiger partial charge in [-0.15, -0.1) is 0 Å². The third-order valence-corrected chi connectivity index (χ3v) is 6.44. The van der Waals surface area contributed by atoms with Crippen LogP contribution in [0.5, 0.6) is 5.75 Å². The van der Waals surface area contributed by atoms with E-state index in [-0.39, 0.29) is 0 Å². The lowest BCUT2D eigenvalue weighted by molar-refractivity contribution is 0.123. The Bertz CT molecular complexity index is 1270. The van der Waals surface area contributed by atoms with Crippen molar-refractivity contribution in [3.8, 4) is 17.0 Å².